The summed E-state index contributed by atoms with van der Waals surface area (Å²) in [6.45, 7) is 1.51. The molecule has 162 valence electrons. The Bertz CT molecular complexity index is 1250. The summed E-state index contributed by atoms with van der Waals surface area (Å²) in [4.78, 5) is 25.4. The smallest absolute Gasteiger partial charge is 0.416 e. The van der Waals surface area contributed by atoms with Crippen LogP contribution in [0, 0.1) is 0 Å². The maximum atomic E-state index is 13.1. The molecule has 1 atom stereocenters. The zero-order valence-electron chi connectivity index (χ0n) is 16.0. The van der Waals surface area contributed by atoms with E-state index in [1.54, 1.807) is 13.0 Å². The van der Waals surface area contributed by atoms with Crippen LogP contribution in [0.1, 0.15) is 34.5 Å². The van der Waals surface area contributed by atoms with E-state index in [-0.39, 0.29) is 29.8 Å². The molecule has 0 aliphatic carbocycles. The van der Waals surface area contributed by atoms with Crippen molar-refractivity contribution in [1.29, 1.82) is 0 Å². The second kappa shape index (κ2) is 7.60. The normalized spacial score (nSPS) is 15.6. The van der Waals surface area contributed by atoms with Crippen molar-refractivity contribution in [3.8, 4) is 11.5 Å². The summed E-state index contributed by atoms with van der Waals surface area (Å²) in [5.74, 6) is -1.24. The van der Waals surface area contributed by atoms with E-state index >= 15 is 0 Å². The number of benzene rings is 2. The largest absolute Gasteiger partial charge is 0.506 e. The number of aromatic nitrogens is 1. The van der Waals surface area contributed by atoms with Crippen molar-refractivity contribution in [3.05, 3.63) is 67.9 Å². The van der Waals surface area contributed by atoms with Gasteiger partial charge in [0.1, 0.15) is 11.9 Å². The van der Waals surface area contributed by atoms with Crippen LogP contribution in [0.2, 0.25) is 0 Å². The maximum Gasteiger partial charge on any atom is 0.416 e. The highest BCUT2D eigenvalue weighted by Crippen LogP contribution is 2.43. The van der Waals surface area contributed by atoms with E-state index in [0.29, 0.717) is 10.0 Å². The second-order valence-electron chi connectivity index (χ2n) is 6.86. The van der Waals surface area contributed by atoms with Crippen molar-refractivity contribution >= 4 is 32.8 Å². The highest BCUT2D eigenvalue weighted by Gasteiger charge is 2.33. The lowest BCUT2D eigenvalue weighted by Gasteiger charge is -2.29. The van der Waals surface area contributed by atoms with Gasteiger partial charge in [0.2, 0.25) is 0 Å². The van der Waals surface area contributed by atoms with E-state index in [1.165, 1.54) is 22.8 Å². The molecule has 0 saturated heterocycles. The average molecular weight is 498 g/mol. The van der Waals surface area contributed by atoms with E-state index in [2.05, 4.69) is 15.9 Å². The first-order chi connectivity index (χ1) is 14.6. The van der Waals surface area contributed by atoms with Gasteiger partial charge in [0.15, 0.2) is 11.3 Å². The molecule has 2 aromatic carbocycles. The summed E-state index contributed by atoms with van der Waals surface area (Å²) in [5.41, 5.74) is -1.39. The van der Waals surface area contributed by atoms with E-state index < -0.39 is 40.7 Å². The van der Waals surface area contributed by atoms with Gasteiger partial charge in [-0.25, -0.2) is 4.79 Å². The molecular formula is C21H15BrF3NO5. The first kappa shape index (κ1) is 21.2. The quantitative estimate of drug-likeness (QED) is 0.526. The molecule has 0 bridgehead atoms. The van der Waals surface area contributed by atoms with Gasteiger partial charge in [0.05, 0.1) is 28.7 Å². The predicted molar refractivity (Wildman–Crippen MR) is 108 cm³/mol. The van der Waals surface area contributed by atoms with Crippen molar-refractivity contribution in [3.63, 3.8) is 0 Å². The van der Waals surface area contributed by atoms with Crippen molar-refractivity contribution in [1.82, 2.24) is 4.57 Å². The van der Waals surface area contributed by atoms with E-state index in [0.717, 1.165) is 12.1 Å². The molecule has 0 saturated carbocycles. The molecule has 1 aliphatic rings. The van der Waals surface area contributed by atoms with Crippen LogP contribution in [-0.2, 0) is 17.5 Å². The number of rotatable bonds is 3. The Labute approximate surface area is 181 Å². The first-order valence-electron chi connectivity index (χ1n) is 9.22. The Morgan fingerprint density at radius 2 is 1.94 bits per heavy atom. The molecule has 0 amide bonds. The molecule has 1 N–H and O–H groups in total. The third-order valence-corrected chi connectivity index (χ3v) is 5.63. The number of carbonyl (C=O) groups excluding carboxylic acids is 1. The van der Waals surface area contributed by atoms with Crippen molar-refractivity contribution in [2.45, 2.75) is 25.7 Å². The number of carbonyl (C=O) groups is 1. The van der Waals surface area contributed by atoms with Gasteiger partial charge < -0.3 is 14.6 Å². The van der Waals surface area contributed by atoms with Gasteiger partial charge in [-0.05, 0) is 52.7 Å². The molecule has 31 heavy (non-hydrogen) atoms. The third-order valence-electron chi connectivity index (χ3n) is 5.00. The molecule has 6 nitrogen and oxygen atoms in total. The van der Waals surface area contributed by atoms with Gasteiger partial charge in [-0.15, -0.1) is 0 Å². The SMILES string of the molecule is CCOC(=O)c1c(O)c2ccc(Br)c3c2n(c1=O)CC(c1ccc(C(F)(F)F)cc1)O3. The molecule has 1 unspecified atom stereocenters. The average Bonchev–Trinajstić information content (AvgIpc) is 2.72. The van der Waals surface area contributed by atoms with Gasteiger partial charge in [0, 0.05) is 5.39 Å². The van der Waals surface area contributed by atoms with Gasteiger partial charge in [0.25, 0.3) is 5.56 Å². The van der Waals surface area contributed by atoms with Crippen LogP contribution in [0.4, 0.5) is 13.2 Å². The zero-order chi connectivity index (χ0) is 22.5. The monoisotopic (exact) mass is 497 g/mol. The molecule has 1 aliphatic heterocycles. The fourth-order valence-corrected chi connectivity index (χ4v) is 3.97. The van der Waals surface area contributed by atoms with Crippen molar-refractivity contribution < 1.29 is 32.5 Å². The lowest BCUT2D eigenvalue weighted by atomic mass is 10.0. The minimum absolute atomic E-state index is 0.0125. The molecule has 0 radical (unpaired) electrons. The fraction of sp³-hybridized carbons (Fsp3) is 0.238. The zero-order valence-corrected chi connectivity index (χ0v) is 17.6. The minimum atomic E-state index is -4.48. The number of alkyl halides is 3. The summed E-state index contributed by atoms with van der Waals surface area (Å²) in [7, 11) is 0. The van der Waals surface area contributed by atoms with Crippen LogP contribution in [0.5, 0.6) is 11.5 Å². The van der Waals surface area contributed by atoms with Crippen LogP contribution in [-0.4, -0.2) is 22.2 Å². The molecule has 0 fully saturated rings. The van der Waals surface area contributed by atoms with Crippen LogP contribution >= 0.6 is 15.9 Å². The lowest BCUT2D eigenvalue weighted by Crippen LogP contribution is -2.33. The molecule has 3 aromatic rings. The summed E-state index contributed by atoms with van der Waals surface area (Å²) in [6.07, 6.45) is -5.27. The van der Waals surface area contributed by atoms with E-state index in [1.807, 2.05) is 0 Å². The van der Waals surface area contributed by atoms with Crippen molar-refractivity contribution in [2.24, 2.45) is 0 Å². The summed E-state index contributed by atoms with van der Waals surface area (Å²) < 4.78 is 51.3. The fourth-order valence-electron chi connectivity index (χ4n) is 3.56. The Morgan fingerprint density at radius 3 is 2.55 bits per heavy atom. The highest BCUT2D eigenvalue weighted by atomic mass is 79.9. The number of ether oxygens (including phenoxy) is 2. The van der Waals surface area contributed by atoms with E-state index in [4.69, 9.17) is 9.47 Å². The summed E-state index contributed by atoms with van der Waals surface area (Å²) in [5, 5.41) is 10.8. The standard InChI is InChI=1S/C21H15BrF3NO5/c1-2-30-20(29)15-17(27)12-7-8-13(22)18-16(12)26(19(15)28)9-14(31-18)10-3-5-11(6-4-10)21(23,24)25/h3-8,14,27H,2,9H2,1H3. The van der Waals surface area contributed by atoms with Crippen molar-refractivity contribution in [2.75, 3.05) is 6.61 Å². The molecule has 1 aromatic heterocycles. The lowest BCUT2D eigenvalue weighted by molar-refractivity contribution is -0.137. The minimum Gasteiger partial charge on any atom is -0.506 e. The predicted octanol–water partition coefficient (Wildman–Crippen LogP) is 4.80. The Morgan fingerprint density at radius 1 is 1.26 bits per heavy atom. The number of hydrogen-bond donors (Lipinski definition) is 1. The van der Waals surface area contributed by atoms with Gasteiger partial charge in [-0.2, -0.15) is 13.2 Å². The first-order valence-corrected chi connectivity index (χ1v) is 10.0. The van der Waals surface area contributed by atoms with Crippen LogP contribution in [0.15, 0.2) is 45.7 Å². The highest BCUT2D eigenvalue weighted by molar-refractivity contribution is 9.10. The Hall–Kier alpha value is -3.01. The number of aromatic hydroxyl groups is 1. The topological polar surface area (TPSA) is 77.8 Å². The van der Waals surface area contributed by atoms with Crippen LogP contribution in [0.3, 0.4) is 0 Å². The number of esters is 1. The molecule has 4 rings (SSSR count). The molecule has 10 heteroatoms. The number of halogens is 4. The number of hydrogen-bond acceptors (Lipinski definition) is 5. The Balaban J connectivity index is 1.87. The number of nitrogens with zero attached hydrogens (tertiary/aromatic N) is 1. The van der Waals surface area contributed by atoms with Gasteiger partial charge in [-0.3, -0.25) is 9.36 Å². The second-order valence-corrected chi connectivity index (χ2v) is 7.71. The van der Waals surface area contributed by atoms with Crippen LogP contribution < -0.4 is 10.3 Å². The van der Waals surface area contributed by atoms with E-state index in [9.17, 15) is 27.9 Å². The Kier molecular flexibility index (Phi) is 5.20. The van der Waals surface area contributed by atoms with Crippen LogP contribution in [0.25, 0.3) is 10.9 Å². The van der Waals surface area contributed by atoms with Gasteiger partial charge >= 0.3 is 12.1 Å². The molecule has 0 spiro atoms. The molecular weight excluding hydrogens is 483 g/mol. The maximum absolute atomic E-state index is 13.1. The summed E-state index contributed by atoms with van der Waals surface area (Å²) in [6, 6.07) is 7.55. The summed E-state index contributed by atoms with van der Waals surface area (Å²) >= 11 is 3.34. The third kappa shape index (κ3) is 3.54. The number of pyridine rings is 1. The van der Waals surface area contributed by atoms with Gasteiger partial charge in [-0.1, -0.05) is 12.1 Å². The molecule has 2 heterocycles.